The first-order valence-electron chi connectivity index (χ1n) is 6.60. The average molecular weight is 300 g/mol. The van der Waals surface area contributed by atoms with Crippen LogP contribution in [-0.4, -0.2) is 48.9 Å². The van der Waals surface area contributed by atoms with Crippen molar-refractivity contribution in [3.63, 3.8) is 0 Å². The van der Waals surface area contributed by atoms with Crippen LogP contribution in [-0.2, 0) is 11.3 Å². The third-order valence-electron chi connectivity index (χ3n) is 3.62. The first-order chi connectivity index (χ1) is 9.45. The zero-order valence-corrected chi connectivity index (χ0v) is 12.2. The fourth-order valence-electron chi connectivity index (χ4n) is 2.45. The largest absolute Gasteiger partial charge is 0.369 e. The third kappa shape index (κ3) is 3.91. The van der Waals surface area contributed by atoms with Crippen LogP contribution in [0.5, 0.6) is 0 Å². The highest BCUT2D eigenvalue weighted by Gasteiger charge is 2.25. The lowest BCUT2D eigenvalue weighted by atomic mass is 10.1. The van der Waals surface area contributed by atoms with Crippen molar-refractivity contribution in [3.05, 3.63) is 34.6 Å². The molecule has 0 radical (unpaired) electrons. The molecule has 1 amide bonds. The van der Waals surface area contributed by atoms with E-state index in [0.717, 1.165) is 18.7 Å². The third-order valence-corrected chi connectivity index (χ3v) is 3.97. The molecule has 0 saturated carbocycles. The number of likely N-dealkylation sites (N-methyl/N-ethyl adjacent to an activating group) is 1. The van der Waals surface area contributed by atoms with E-state index in [-0.39, 0.29) is 17.6 Å². The second kappa shape index (κ2) is 6.52. The van der Waals surface area contributed by atoms with E-state index in [2.05, 4.69) is 9.80 Å². The van der Waals surface area contributed by atoms with Crippen LogP contribution in [0.2, 0.25) is 5.02 Å². The zero-order valence-electron chi connectivity index (χ0n) is 11.5. The normalized spacial score (nSPS) is 21.6. The molecule has 110 valence electrons. The molecule has 0 aliphatic carbocycles. The fourth-order valence-corrected chi connectivity index (χ4v) is 2.68. The van der Waals surface area contributed by atoms with Gasteiger partial charge in [0.05, 0.1) is 5.92 Å². The maximum atomic E-state index is 13.0. The minimum Gasteiger partial charge on any atom is -0.369 e. The molecule has 1 saturated heterocycles. The second-order valence-corrected chi connectivity index (χ2v) is 5.74. The molecule has 2 rings (SSSR count). The smallest absolute Gasteiger partial charge is 0.223 e. The minimum atomic E-state index is -0.343. The number of carbonyl (C=O) groups is 1. The summed E-state index contributed by atoms with van der Waals surface area (Å²) < 4.78 is 13.0. The molecule has 1 fully saturated rings. The van der Waals surface area contributed by atoms with E-state index in [1.807, 2.05) is 7.05 Å². The number of amides is 1. The summed E-state index contributed by atoms with van der Waals surface area (Å²) in [6, 6.07) is 4.40. The molecule has 1 heterocycles. The van der Waals surface area contributed by atoms with Crippen molar-refractivity contribution in [2.45, 2.75) is 6.54 Å². The molecule has 0 aromatic heterocycles. The van der Waals surface area contributed by atoms with Gasteiger partial charge < -0.3 is 10.6 Å². The standard InChI is InChI=1S/C14H19ClFN3O/c1-18-4-5-19(9-11(7-18)14(17)20)8-10-2-3-12(16)6-13(10)15/h2-3,6,11H,4-5,7-9H2,1H3,(H2,17,20)/t11-/m1/s1. The lowest BCUT2D eigenvalue weighted by Crippen LogP contribution is -2.37. The molecule has 6 heteroatoms. The molecule has 0 bridgehead atoms. The predicted molar refractivity (Wildman–Crippen MR) is 76.9 cm³/mol. The molecule has 1 atom stereocenters. The number of halogens is 2. The van der Waals surface area contributed by atoms with Crippen LogP contribution in [0.1, 0.15) is 5.56 Å². The fraction of sp³-hybridized carbons (Fsp3) is 0.500. The molecule has 1 aliphatic rings. The first kappa shape index (κ1) is 15.2. The van der Waals surface area contributed by atoms with Crippen LogP contribution in [0.15, 0.2) is 18.2 Å². The molecule has 0 unspecified atom stereocenters. The van der Waals surface area contributed by atoms with Crippen LogP contribution in [0.3, 0.4) is 0 Å². The number of carbonyl (C=O) groups excluding carboxylic acids is 1. The summed E-state index contributed by atoms with van der Waals surface area (Å²) in [7, 11) is 1.98. The Labute approximate surface area is 123 Å². The second-order valence-electron chi connectivity index (χ2n) is 5.33. The lowest BCUT2D eigenvalue weighted by Gasteiger charge is -2.22. The van der Waals surface area contributed by atoms with Gasteiger partial charge in [0, 0.05) is 37.7 Å². The molecule has 20 heavy (non-hydrogen) atoms. The monoisotopic (exact) mass is 299 g/mol. The van der Waals surface area contributed by atoms with Gasteiger partial charge in [-0.15, -0.1) is 0 Å². The van der Waals surface area contributed by atoms with E-state index in [9.17, 15) is 9.18 Å². The average Bonchev–Trinajstić information content (AvgIpc) is 2.55. The Morgan fingerprint density at radius 1 is 1.45 bits per heavy atom. The van der Waals surface area contributed by atoms with E-state index in [1.54, 1.807) is 6.07 Å². The van der Waals surface area contributed by atoms with Crippen molar-refractivity contribution in [1.82, 2.24) is 9.80 Å². The number of hydrogen-bond acceptors (Lipinski definition) is 3. The number of benzene rings is 1. The van der Waals surface area contributed by atoms with Gasteiger partial charge in [0.25, 0.3) is 0 Å². The van der Waals surface area contributed by atoms with Crippen molar-refractivity contribution < 1.29 is 9.18 Å². The quantitative estimate of drug-likeness (QED) is 0.916. The summed E-state index contributed by atoms with van der Waals surface area (Å²) in [4.78, 5) is 15.7. The lowest BCUT2D eigenvalue weighted by molar-refractivity contribution is -0.122. The number of nitrogens with two attached hydrogens (primary N) is 1. The molecule has 4 nitrogen and oxygen atoms in total. The summed E-state index contributed by atoms with van der Waals surface area (Å²) in [5.41, 5.74) is 6.30. The van der Waals surface area contributed by atoms with E-state index in [4.69, 9.17) is 17.3 Å². The SMILES string of the molecule is CN1CCN(Cc2ccc(F)cc2Cl)C[C@H](C(N)=O)C1. The summed E-state index contributed by atoms with van der Waals surface area (Å²) in [5, 5.41) is 0.415. The molecule has 2 N–H and O–H groups in total. The van der Waals surface area contributed by atoms with E-state index >= 15 is 0 Å². The number of primary amides is 1. The molecule has 0 spiro atoms. The summed E-state index contributed by atoms with van der Waals surface area (Å²) in [6.45, 7) is 3.56. The topological polar surface area (TPSA) is 49.6 Å². The Morgan fingerprint density at radius 3 is 2.85 bits per heavy atom. The van der Waals surface area contributed by atoms with Crippen LogP contribution >= 0.6 is 11.6 Å². The van der Waals surface area contributed by atoms with Gasteiger partial charge in [0.1, 0.15) is 5.82 Å². The van der Waals surface area contributed by atoms with Crippen LogP contribution < -0.4 is 5.73 Å². The van der Waals surface area contributed by atoms with Gasteiger partial charge in [0.15, 0.2) is 0 Å². The van der Waals surface area contributed by atoms with Gasteiger partial charge in [0.2, 0.25) is 5.91 Å². The van der Waals surface area contributed by atoms with Crippen LogP contribution in [0, 0.1) is 11.7 Å². The van der Waals surface area contributed by atoms with E-state index < -0.39 is 0 Å². The number of nitrogens with zero attached hydrogens (tertiary/aromatic N) is 2. The van der Waals surface area contributed by atoms with Gasteiger partial charge in [-0.05, 0) is 24.7 Å². The molecule has 1 aliphatic heterocycles. The van der Waals surface area contributed by atoms with Crippen molar-refractivity contribution in [3.8, 4) is 0 Å². The van der Waals surface area contributed by atoms with Crippen molar-refractivity contribution in [2.24, 2.45) is 11.7 Å². The molecular weight excluding hydrogens is 281 g/mol. The Bertz CT molecular complexity index is 497. The van der Waals surface area contributed by atoms with Gasteiger partial charge in [-0.3, -0.25) is 9.69 Å². The van der Waals surface area contributed by atoms with Crippen molar-refractivity contribution >= 4 is 17.5 Å². The Balaban J connectivity index is 2.09. The summed E-state index contributed by atoms with van der Waals surface area (Å²) in [5.74, 6) is -0.819. The Kier molecular flexibility index (Phi) is 4.96. The summed E-state index contributed by atoms with van der Waals surface area (Å²) >= 11 is 6.05. The highest BCUT2D eigenvalue weighted by atomic mass is 35.5. The van der Waals surface area contributed by atoms with Crippen LogP contribution in [0.4, 0.5) is 4.39 Å². The molecular formula is C14H19ClFN3O. The summed E-state index contributed by atoms with van der Waals surface area (Å²) in [6.07, 6.45) is 0. The van der Waals surface area contributed by atoms with Crippen molar-refractivity contribution in [2.75, 3.05) is 33.2 Å². The molecule has 1 aromatic rings. The van der Waals surface area contributed by atoms with Gasteiger partial charge in [-0.2, -0.15) is 0 Å². The van der Waals surface area contributed by atoms with Gasteiger partial charge >= 0.3 is 0 Å². The zero-order chi connectivity index (χ0) is 14.7. The first-order valence-corrected chi connectivity index (χ1v) is 6.97. The van der Waals surface area contributed by atoms with E-state index in [1.165, 1.54) is 12.1 Å². The highest BCUT2D eigenvalue weighted by Crippen LogP contribution is 2.20. The highest BCUT2D eigenvalue weighted by molar-refractivity contribution is 6.31. The predicted octanol–water partition coefficient (Wildman–Crippen LogP) is 1.33. The van der Waals surface area contributed by atoms with Crippen molar-refractivity contribution in [1.29, 1.82) is 0 Å². The van der Waals surface area contributed by atoms with Gasteiger partial charge in [-0.25, -0.2) is 4.39 Å². The minimum absolute atomic E-state index is 0.193. The Hall–Kier alpha value is -1.17. The Morgan fingerprint density at radius 2 is 2.20 bits per heavy atom. The van der Waals surface area contributed by atoms with Gasteiger partial charge in [-0.1, -0.05) is 17.7 Å². The number of rotatable bonds is 3. The molecule has 1 aromatic carbocycles. The number of hydrogen-bond donors (Lipinski definition) is 1. The maximum absolute atomic E-state index is 13.0. The maximum Gasteiger partial charge on any atom is 0.223 e. The van der Waals surface area contributed by atoms with E-state index in [0.29, 0.717) is 24.7 Å². The van der Waals surface area contributed by atoms with Crippen LogP contribution in [0.25, 0.3) is 0 Å².